The van der Waals surface area contributed by atoms with Crippen molar-refractivity contribution in [3.63, 3.8) is 0 Å². The fourth-order valence-electron chi connectivity index (χ4n) is 2.95. The molecule has 1 atom stereocenters. The van der Waals surface area contributed by atoms with Gasteiger partial charge in [0.15, 0.2) is 5.96 Å². The van der Waals surface area contributed by atoms with Crippen LogP contribution in [0.1, 0.15) is 38.3 Å². The number of benzene rings is 1. The molecule has 9 heteroatoms. The van der Waals surface area contributed by atoms with Gasteiger partial charge in [0, 0.05) is 37.2 Å². The van der Waals surface area contributed by atoms with Crippen molar-refractivity contribution in [3.05, 3.63) is 23.3 Å². The molecule has 1 aromatic carbocycles. The van der Waals surface area contributed by atoms with E-state index in [-0.39, 0.29) is 6.10 Å². The van der Waals surface area contributed by atoms with Crippen LogP contribution in [0.3, 0.4) is 0 Å². The monoisotopic (exact) mass is 412 g/mol. The zero-order chi connectivity index (χ0) is 20.6. The van der Waals surface area contributed by atoms with Gasteiger partial charge in [0.25, 0.3) is 0 Å². The highest BCUT2D eigenvalue weighted by Gasteiger charge is 2.21. The fourth-order valence-corrected chi connectivity index (χ4v) is 3.47. The molecule has 158 valence electrons. The second-order valence-electron chi connectivity index (χ2n) is 6.78. The van der Waals surface area contributed by atoms with Gasteiger partial charge in [-0.2, -0.15) is 0 Å². The topological polar surface area (TPSA) is 101 Å². The maximum absolute atomic E-state index is 11.1. The molecular weight excluding hydrogens is 380 g/mol. The standard InChI is InChI=1S/C19H32N4O4S/c1-5-20-19(21-8-7-9-23-28(4,24)25)22-13-16-12-18-15(10-14(3)27-18)11-17(16)26-6-2/h11-12,14,23H,5-10,13H2,1-4H3,(H2,20,21,22). The van der Waals surface area contributed by atoms with Gasteiger partial charge in [-0.1, -0.05) is 0 Å². The van der Waals surface area contributed by atoms with E-state index < -0.39 is 10.0 Å². The molecule has 0 aliphatic carbocycles. The lowest BCUT2D eigenvalue weighted by Crippen LogP contribution is -2.38. The Morgan fingerprint density at radius 3 is 2.75 bits per heavy atom. The van der Waals surface area contributed by atoms with Crippen LogP contribution in [0, 0.1) is 0 Å². The van der Waals surface area contributed by atoms with Crippen LogP contribution >= 0.6 is 0 Å². The average molecular weight is 413 g/mol. The second kappa shape index (κ2) is 10.5. The molecule has 0 saturated carbocycles. The summed E-state index contributed by atoms with van der Waals surface area (Å²) in [5.74, 6) is 2.43. The third-order valence-electron chi connectivity index (χ3n) is 4.14. The lowest BCUT2D eigenvalue weighted by Gasteiger charge is -2.14. The first-order valence-corrected chi connectivity index (χ1v) is 11.6. The van der Waals surface area contributed by atoms with Gasteiger partial charge in [-0.15, -0.1) is 0 Å². The first-order chi connectivity index (χ1) is 13.3. The predicted octanol–water partition coefficient (Wildman–Crippen LogP) is 1.40. The maximum atomic E-state index is 11.1. The maximum Gasteiger partial charge on any atom is 0.208 e. The Balaban J connectivity index is 2.00. The van der Waals surface area contributed by atoms with Gasteiger partial charge in [0.1, 0.15) is 17.6 Å². The molecule has 2 rings (SSSR count). The van der Waals surface area contributed by atoms with Crippen molar-refractivity contribution < 1.29 is 17.9 Å². The molecular formula is C19H32N4O4S. The molecule has 0 bridgehead atoms. The molecule has 1 heterocycles. The smallest absolute Gasteiger partial charge is 0.208 e. The number of guanidine groups is 1. The number of aliphatic imine (C=N–C) groups is 1. The summed E-state index contributed by atoms with van der Waals surface area (Å²) in [4.78, 5) is 4.64. The molecule has 1 aliphatic heterocycles. The SMILES string of the molecule is CCNC(=NCc1cc2c(cc1OCC)CC(C)O2)NCCCNS(C)(=O)=O. The first kappa shape index (κ1) is 22.3. The van der Waals surface area contributed by atoms with E-state index in [2.05, 4.69) is 33.3 Å². The van der Waals surface area contributed by atoms with Crippen molar-refractivity contribution in [2.24, 2.45) is 4.99 Å². The van der Waals surface area contributed by atoms with Crippen molar-refractivity contribution in [2.45, 2.75) is 46.3 Å². The molecule has 0 radical (unpaired) electrons. The Morgan fingerprint density at radius 1 is 1.29 bits per heavy atom. The van der Waals surface area contributed by atoms with Gasteiger partial charge >= 0.3 is 0 Å². The van der Waals surface area contributed by atoms with Crippen molar-refractivity contribution in [3.8, 4) is 11.5 Å². The minimum atomic E-state index is -3.15. The fraction of sp³-hybridized carbons (Fsp3) is 0.632. The van der Waals surface area contributed by atoms with Gasteiger partial charge in [-0.25, -0.2) is 18.1 Å². The number of hydrogen-bond donors (Lipinski definition) is 3. The van der Waals surface area contributed by atoms with Crippen molar-refractivity contribution in [1.82, 2.24) is 15.4 Å². The predicted molar refractivity (Wildman–Crippen MR) is 112 cm³/mol. The Hall–Kier alpha value is -2.00. The van der Waals surface area contributed by atoms with E-state index in [0.29, 0.717) is 38.6 Å². The number of hydrogen-bond acceptors (Lipinski definition) is 5. The molecule has 0 saturated heterocycles. The van der Waals surface area contributed by atoms with E-state index in [4.69, 9.17) is 9.47 Å². The summed E-state index contributed by atoms with van der Waals surface area (Å²) in [6.45, 7) is 8.81. The third kappa shape index (κ3) is 7.20. The average Bonchev–Trinajstić information content (AvgIpc) is 2.97. The van der Waals surface area contributed by atoms with Crippen molar-refractivity contribution >= 4 is 16.0 Å². The van der Waals surface area contributed by atoms with E-state index >= 15 is 0 Å². The Morgan fingerprint density at radius 2 is 2.07 bits per heavy atom. The minimum Gasteiger partial charge on any atom is -0.494 e. The molecule has 8 nitrogen and oxygen atoms in total. The molecule has 1 aliphatic rings. The first-order valence-electron chi connectivity index (χ1n) is 9.74. The van der Waals surface area contributed by atoms with E-state index in [1.54, 1.807) is 0 Å². The summed E-state index contributed by atoms with van der Waals surface area (Å²) in [5.41, 5.74) is 2.15. The summed E-state index contributed by atoms with van der Waals surface area (Å²) >= 11 is 0. The van der Waals surface area contributed by atoms with Gasteiger partial charge in [0.05, 0.1) is 19.4 Å². The number of rotatable bonds is 10. The lowest BCUT2D eigenvalue weighted by atomic mass is 10.1. The molecule has 0 aromatic heterocycles. The number of nitrogens with zero attached hydrogens (tertiary/aromatic N) is 1. The Labute approximate surface area is 168 Å². The zero-order valence-corrected chi connectivity index (χ0v) is 18.0. The molecule has 3 N–H and O–H groups in total. The van der Waals surface area contributed by atoms with Gasteiger partial charge in [-0.05, 0) is 39.3 Å². The van der Waals surface area contributed by atoms with E-state index in [0.717, 1.165) is 36.3 Å². The van der Waals surface area contributed by atoms with Crippen LogP contribution in [0.25, 0.3) is 0 Å². The Kier molecular flexibility index (Phi) is 8.37. The summed E-state index contributed by atoms with van der Waals surface area (Å²) in [7, 11) is -3.15. The lowest BCUT2D eigenvalue weighted by molar-refractivity contribution is 0.254. The van der Waals surface area contributed by atoms with Crippen molar-refractivity contribution in [2.75, 3.05) is 32.5 Å². The molecule has 0 fully saturated rings. The largest absolute Gasteiger partial charge is 0.494 e. The minimum absolute atomic E-state index is 0.183. The zero-order valence-electron chi connectivity index (χ0n) is 17.2. The number of sulfonamides is 1. The van der Waals surface area contributed by atoms with Crippen LogP contribution in [0.2, 0.25) is 0 Å². The van der Waals surface area contributed by atoms with E-state index in [1.807, 2.05) is 19.9 Å². The van der Waals surface area contributed by atoms with Crippen LogP contribution in [-0.2, 0) is 23.0 Å². The second-order valence-corrected chi connectivity index (χ2v) is 8.61. The summed E-state index contributed by atoms with van der Waals surface area (Å²) in [6.07, 6.45) is 2.89. The molecule has 28 heavy (non-hydrogen) atoms. The van der Waals surface area contributed by atoms with E-state index in [9.17, 15) is 8.42 Å². The van der Waals surface area contributed by atoms with E-state index in [1.165, 1.54) is 5.56 Å². The van der Waals surface area contributed by atoms with Crippen LogP contribution in [0.15, 0.2) is 17.1 Å². The summed E-state index contributed by atoms with van der Waals surface area (Å²) in [5, 5.41) is 6.42. The number of ether oxygens (including phenoxy) is 2. The normalized spacial score (nSPS) is 16.4. The molecule has 1 aromatic rings. The molecule has 0 spiro atoms. The molecule has 0 amide bonds. The van der Waals surface area contributed by atoms with Crippen LogP contribution in [0.4, 0.5) is 0 Å². The highest BCUT2D eigenvalue weighted by molar-refractivity contribution is 7.88. The van der Waals surface area contributed by atoms with Gasteiger partial charge in [-0.3, -0.25) is 0 Å². The third-order valence-corrected chi connectivity index (χ3v) is 4.87. The number of fused-ring (bicyclic) bond motifs is 1. The van der Waals surface area contributed by atoms with Crippen molar-refractivity contribution in [1.29, 1.82) is 0 Å². The van der Waals surface area contributed by atoms with Gasteiger partial charge < -0.3 is 20.1 Å². The van der Waals surface area contributed by atoms with Gasteiger partial charge in [0.2, 0.25) is 10.0 Å². The van der Waals surface area contributed by atoms with Crippen LogP contribution in [0.5, 0.6) is 11.5 Å². The number of nitrogens with one attached hydrogen (secondary N) is 3. The summed E-state index contributed by atoms with van der Waals surface area (Å²) in [6, 6.07) is 4.08. The summed E-state index contributed by atoms with van der Waals surface area (Å²) < 4.78 is 36.3. The van der Waals surface area contributed by atoms with Crippen LogP contribution < -0.4 is 24.8 Å². The quantitative estimate of drug-likeness (QED) is 0.305. The molecule has 1 unspecified atom stereocenters. The highest BCUT2D eigenvalue weighted by atomic mass is 32.2. The highest BCUT2D eigenvalue weighted by Crippen LogP contribution is 2.35. The van der Waals surface area contributed by atoms with Crippen LogP contribution in [-0.4, -0.2) is 53.0 Å². The Bertz CT molecular complexity index is 780.